The van der Waals surface area contributed by atoms with Gasteiger partial charge in [0.25, 0.3) is 5.91 Å². The molecule has 26 heavy (non-hydrogen) atoms. The van der Waals surface area contributed by atoms with E-state index >= 15 is 0 Å². The molecule has 0 radical (unpaired) electrons. The summed E-state index contributed by atoms with van der Waals surface area (Å²) in [5.74, 6) is -0.126. The minimum atomic E-state index is -0.126. The Morgan fingerprint density at radius 3 is 2.38 bits per heavy atom. The Hall–Kier alpha value is -3.18. The summed E-state index contributed by atoms with van der Waals surface area (Å²) in [6.07, 6.45) is 1.80. The molecule has 2 heterocycles. The lowest BCUT2D eigenvalue weighted by Gasteiger charge is -2.04. The number of benzene rings is 2. The van der Waals surface area contributed by atoms with Crippen molar-refractivity contribution < 1.29 is 4.79 Å². The van der Waals surface area contributed by atoms with Gasteiger partial charge in [-0.2, -0.15) is 5.10 Å². The van der Waals surface area contributed by atoms with Crippen LogP contribution in [-0.4, -0.2) is 15.7 Å². The van der Waals surface area contributed by atoms with Crippen LogP contribution in [0, 0.1) is 0 Å². The molecule has 0 aliphatic heterocycles. The first-order chi connectivity index (χ1) is 12.8. The van der Waals surface area contributed by atoms with Crippen molar-refractivity contribution in [1.29, 1.82) is 0 Å². The monoisotopic (exact) mass is 359 g/mol. The van der Waals surface area contributed by atoms with E-state index in [9.17, 15) is 4.79 Å². The molecule has 1 N–H and O–H groups in total. The number of hydrogen-bond donors (Lipinski definition) is 1. The second-order valence-electron chi connectivity index (χ2n) is 5.82. The van der Waals surface area contributed by atoms with Crippen molar-refractivity contribution in [2.24, 2.45) is 0 Å². The molecular formula is C21H17N3OS. The van der Waals surface area contributed by atoms with Crippen LogP contribution in [0.15, 0.2) is 84.4 Å². The van der Waals surface area contributed by atoms with Crippen molar-refractivity contribution in [3.05, 3.63) is 95.5 Å². The van der Waals surface area contributed by atoms with Gasteiger partial charge in [-0.05, 0) is 29.1 Å². The van der Waals surface area contributed by atoms with Gasteiger partial charge < -0.3 is 5.32 Å². The molecule has 4 rings (SSSR count). The van der Waals surface area contributed by atoms with Gasteiger partial charge in [-0.1, -0.05) is 54.6 Å². The van der Waals surface area contributed by atoms with Crippen LogP contribution in [0.3, 0.4) is 0 Å². The number of nitrogens with zero attached hydrogens (tertiary/aromatic N) is 2. The standard InChI is InChI=1S/C21H17N3OS/c25-21(22-14-16-8-3-1-4-9-16)18-15-24(17-10-5-2-6-11-17)23-20(18)19-12-7-13-26-19/h1-13,15H,14H2,(H,22,25). The molecule has 0 unspecified atom stereocenters. The number of para-hydroxylation sites is 1. The largest absolute Gasteiger partial charge is 0.348 e. The first-order valence-electron chi connectivity index (χ1n) is 8.32. The summed E-state index contributed by atoms with van der Waals surface area (Å²) < 4.78 is 1.76. The molecule has 4 aromatic rings. The third kappa shape index (κ3) is 3.43. The van der Waals surface area contributed by atoms with E-state index in [4.69, 9.17) is 0 Å². The van der Waals surface area contributed by atoms with E-state index in [1.54, 1.807) is 22.2 Å². The lowest BCUT2D eigenvalue weighted by molar-refractivity contribution is 0.0951. The summed E-state index contributed by atoms with van der Waals surface area (Å²) in [5, 5.41) is 9.65. The quantitative estimate of drug-likeness (QED) is 0.569. The van der Waals surface area contributed by atoms with Crippen LogP contribution in [0.1, 0.15) is 15.9 Å². The van der Waals surface area contributed by atoms with Crippen LogP contribution in [0.5, 0.6) is 0 Å². The van der Waals surface area contributed by atoms with E-state index in [0.29, 0.717) is 17.8 Å². The van der Waals surface area contributed by atoms with Crippen LogP contribution >= 0.6 is 11.3 Å². The van der Waals surface area contributed by atoms with Crippen LogP contribution in [0.25, 0.3) is 16.3 Å². The normalized spacial score (nSPS) is 10.6. The molecule has 2 aromatic heterocycles. The maximum Gasteiger partial charge on any atom is 0.255 e. The highest BCUT2D eigenvalue weighted by Crippen LogP contribution is 2.27. The highest BCUT2D eigenvalue weighted by atomic mass is 32.1. The molecule has 0 bridgehead atoms. The number of rotatable bonds is 5. The van der Waals surface area contributed by atoms with E-state index in [2.05, 4.69) is 10.4 Å². The average molecular weight is 359 g/mol. The Kier molecular flexibility index (Phi) is 4.62. The number of nitrogens with one attached hydrogen (secondary N) is 1. The molecule has 1 amide bonds. The van der Waals surface area contributed by atoms with Crippen LogP contribution in [-0.2, 0) is 6.54 Å². The Balaban J connectivity index is 1.65. The maximum atomic E-state index is 12.8. The molecule has 0 saturated heterocycles. The average Bonchev–Trinajstić information content (AvgIpc) is 3.37. The van der Waals surface area contributed by atoms with Gasteiger partial charge in [0.15, 0.2) is 0 Å². The van der Waals surface area contributed by atoms with Gasteiger partial charge in [-0.3, -0.25) is 4.79 Å². The molecule has 128 valence electrons. The molecule has 2 aromatic carbocycles. The minimum absolute atomic E-state index is 0.126. The number of aromatic nitrogens is 2. The zero-order valence-electron chi connectivity index (χ0n) is 14.0. The van der Waals surface area contributed by atoms with Crippen molar-refractivity contribution in [3.63, 3.8) is 0 Å². The number of amides is 1. The van der Waals surface area contributed by atoms with Crippen molar-refractivity contribution in [2.75, 3.05) is 0 Å². The second-order valence-corrected chi connectivity index (χ2v) is 6.76. The van der Waals surface area contributed by atoms with Crippen molar-refractivity contribution in [2.45, 2.75) is 6.54 Å². The Labute approximate surface area is 155 Å². The van der Waals surface area contributed by atoms with E-state index < -0.39 is 0 Å². The SMILES string of the molecule is O=C(NCc1ccccc1)c1cn(-c2ccccc2)nc1-c1cccs1. The van der Waals surface area contributed by atoms with Crippen LogP contribution in [0.2, 0.25) is 0 Å². The predicted molar refractivity (Wildman–Crippen MR) is 104 cm³/mol. The molecule has 0 spiro atoms. The van der Waals surface area contributed by atoms with Gasteiger partial charge in [0.2, 0.25) is 0 Å². The van der Waals surface area contributed by atoms with E-state index in [0.717, 1.165) is 16.1 Å². The Morgan fingerprint density at radius 1 is 0.962 bits per heavy atom. The zero-order chi connectivity index (χ0) is 17.8. The number of carbonyl (C=O) groups excluding carboxylic acids is 1. The summed E-state index contributed by atoms with van der Waals surface area (Å²) in [6.45, 7) is 0.486. The van der Waals surface area contributed by atoms with Gasteiger partial charge in [0.05, 0.1) is 16.1 Å². The first-order valence-corrected chi connectivity index (χ1v) is 9.20. The van der Waals surface area contributed by atoms with E-state index in [1.165, 1.54) is 0 Å². The van der Waals surface area contributed by atoms with Gasteiger partial charge in [-0.15, -0.1) is 11.3 Å². The summed E-state index contributed by atoms with van der Waals surface area (Å²) >= 11 is 1.57. The summed E-state index contributed by atoms with van der Waals surface area (Å²) in [4.78, 5) is 13.8. The Morgan fingerprint density at radius 2 is 1.69 bits per heavy atom. The van der Waals surface area contributed by atoms with E-state index in [-0.39, 0.29) is 5.91 Å². The summed E-state index contributed by atoms with van der Waals surface area (Å²) in [7, 11) is 0. The molecule has 5 heteroatoms. The number of carbonyl (C=O) groups is 1. The highest BCUT2D eigenvalue weighted by molar-refractivity contribution is 7.13. The van der Waals surface area contributed by atoms with Crippen molar-refractivity contribution in [3.8, 4) is 16.3 Å². The lowest BCUT2D eigenvalue weighted by atomic mass is 10.2. The number of thiophene rings is 1. The second kappa shape index (κ2) is 7.37. The summed E-state index contributed by atoms with van der Waals surface area (Å²) in [6, 6.07) is 23.6. The van der Waals surface area contributed by atoms with Gasteiger partial charge in [0, 0.05) is 12.7 Å². The fourth-order valence-corrected chi connectivity index (χ4v) is 3.45. The zero-order valence-corrected chi connectivity index (χ0v) is 14.8. The molecule has 0 aliphatic rings. The smallest absolute Gasteiger partial charge is 0.255 e. The fourth-order valence-electron chi connectivity index (χ4n) is 2.72. The minimum Gasteiger partial charge on any atom is -0.348 e. The lowest BCUT2D eigenvalue weighted by Crippen LogP contribution is -2.22. The van der Waals surface area contributed by atoms with Crippen molar-refractivity contribution >= 4 is 17.2 Å². The third-order valence-corrected chi connectivity index (χ3v) is 4.91. The summed E-state index contributed by atoms with van der Waals surface area (Å²) in [5.41, 5.74) is 3.27. The van der Waals surface area contributed by atoms with Gasteiger partial charge in [0.1, 0.15) is 5.69 Å². The molecule has 4 nitrogen and oxygen atoms in total. The fraction of sp³-hybridized carbons (Fsp3) is 0.0476. The first kappa shape index (κ1) is 16.3. The van der Waals surface area contributed by atoms with Crippen LogP contribution < -0.4 is 5.32 Å². The highest BCUT2D eigenvalue weighted by Gasteiger charge is 2.19. The Bertz CT molecular complexity index is 992. The topological polar surface area (TPSA) is 46.9 Å². The molecule has 0 fully saturated rings. The maximum absolute atomic E-state index is 12.8. The predicted octanol–water partition coefficient (Wildman–Crippen LogP) is 4.53. The molecular weight excluding hydrogens is 342 g/mol. The third-order valence-electron chi connectivity index (χ3n) is 4.03. The molecule has 0 atom stereocenters. The number of hydrogen-bond acceptors (Lipinski definition) is 3. The van der Waals surface area contributed by atoms with Crippen LogP contribution in [0.4, 0.5) is 0 Å². The molecule has 0 saturated carbocycles. The van der Waals surface area contributed by atoms with E-state index in [1.807, 2.05) is 78.2 Å². The van der Waals surface area contributed by atoms with Crippen molar-refractivity contribution in [1.82, 2.24) is 15.1 Å². The molecule has 0 aliphatic carbocycles. The van der Waals surface area contributed by atoms with Gasteiger partial charge in [-0.25, -0.2) is 4.68 Å². The van der Waals surface area contributed by atoms with Gasteiger partial charge >= 0.3 is 0 Å².